The number of anilines is 2. The first-order valence-electron chi connectivity index (χ1n) is 7.01. The normalized spacial score (nSPS) is 13.8. The number of methoxy groups -OCH3 is 1. The van der Waals surface area contributed by atoms with Crippen LogP contribution in [-0.2, 0) is 6.54 Å². The minimum Gasteiger partial charge on any atom is -0.497 e. The average molecular weight is 285 g/mol. The van der Waals surface area contributed by atoms with E-state index in [1.807, 2.05) is 30.3 Å². The monoisotopic (exact) mass is 285 g/mol. The summed E-state index contributed by atoms with van der Waals surface area (Å²) < 4.78 is 5.22. The lowest BCUT2D eigenvalue weighted by atomic mass is 10.2. The molecule has 3 rings (SSSR count). The van der Waals surface area contributed by atoms with Gasteiger partial charge < -0.3 is 15.5 Å². The van der Waals surface area contributed by atoms with Gasteiger partial charge in [-0.05, 0) is 30.5 Å². The summed E-state index contributed by atoms with van der Waals surface area (Å²) in [5.41, 5.74) is 3.72. The lowest BCUT2D eigenvalue weighted by Crippen LogP contribution is -2.12. The SMILES string of the molecule is COc1cccc(CNc2cc(NN)nc(C3CC3)n2)c1. The Morgan fingerprint density at radius 3 is 2.76 bits per heavy atom. The Hall–Kier alpha value is -2.34. The summed E-state index contributed by atoms with van der Waals surface area (Å²) in [6.07, 6.45) is 2.31. The molecule has 110 valence electrons. The standard InChI is InChI=1S/C15H19N5O/c1-21-12-4-2-3-10(7-12)9-17-13-8-14(20-16)19-15(18-13)11-5-6-11/h2-4,7-8,11H,5-6,9,16H2,1H3,(H2,17,18,19,20). The van der Waals surface area contributed by atoms with E-state index in [2.05, 4.69) is 20.7 Å². The van der Waals surface area contributed by atoms with E-state index in [-0.39, 0.29) is 0 Å². The van der Waals surface area contributed by atoms with Gasteiger partial charge >= 0.3 is 0 Å². The number of ether oxygens (including phenoxy) is 1. The Bertz CT molecular complexity index is 627. The number of rotatable bonds is 6. The van der Waals surface area contributed by atoms with Crippen LogP contribution in [0, 0.1) is 0 Å². The van der Waals surface area contributed by atoms with E-state index >= 15 is 0 Å². The Kier molecular flexibility index (Phi) is 3.87. The van der Waals surface area contributed by atoms with Gasteiger partial charge in [0.05, 0.1) is 7.11 Å². The molecular formula is C15H19N5O. The molecule has 4 N–H and O–H groups in total. The highest BCUT2D eigenvalue weighted by Gasteiger charge is 2.27. The zero-order valence-corrected chi connectivity index (χ0v) is 12.0. The molecule has 1 saturated carbocycles. The van der Waals surface area contributed by atoms with Gasteiger partial charge in [0.25, 0.3) is 0 Å². The summed E-state index contributed by atoms with van der Waals surface area (Å²) in [6.45, 7) is 0.669. The van der Waals surface area contributed by atoms with Crippen molar-refractivity contribution >= 4 is 11.6 Å². The molecular weight excluding hydrogens is 266 g/mol. The lowest BCUT2D eigenvalue weighted by molar-refractivity contribution is 0.414. The van der Waals surface area contributed by atoms with Crippen LogP contribution in [0.5, 0.6) is 5.75 Å². The maximum absolute atomic E-state index is 5.47. The first-order valence-corrected chi connectivity index (χ1v) is 7.01. The molecule has 6 nitrogen and oxygen atoms in total. The van der Waals surface area contributed by atoms with Gasteiger partial charge in [-0.25, -0.2) is 15.8 Å². The number of nitrogens with two attached hydrogens (primary N) is 1. The van der Waals surface area contributed by atoms with Crippen molar-refractivity contribution < 1.29 is 4.74 Å². The summed E-state index contributed by atoms with van der Waals surface area (Å²) in [5.74, 6) is 9.08. The van der Waals surface area contributed by atoms with Crippen LogP contribution in [0.15, 0.2) is 30.3 Å². The Morgan fingerprint density at radius 2 is 2.05 bits per heavy atom. The van der Waals surface area contributed by atoms with Gasteiger partial charge in [0.1, 0.15) is 23.2 Å². The molecule has 2 aromatic rings. The van der Waals surface area contributed by atoms with Crippen LogP contribution < -0.4 is 21.3 Å². The second kappa shape index (κ2) is 5.97. The lowest BCUT2D eigenvalue weighted by Gasteiger charge is -2.10. The average Bonchev–Trinajstić information content (AvgIpc) is 3.37. The highest BCUT2D eigenvalue weighted by molar-refractivity contribution is 5.48. The second-order valence-corrected chi connectivity index (χ2v) is 5.12. The van der Waals surface area contributed by atoms with Crippen LogP contribution in [0.2, 0.25) is 0 Å². The van der Waals surface area contributed by atoms with Crippen LogP contribution >= 0.6 is 0 Å². The van der Waals surface area contributed by atoms with Crippen molar-refractivity contribution in [1.29, 1.82) is 0 Å². The molecule has 21 heavy (non-hydrogen) atoms. The van der Waals surface area contributed by atoms with Gasteiger partial charge in [0.2, 0.25) is 0 Å². The maximum Gasteiger partial charge on any atom is 0.145 e. The molecule has 0 saturated heterocycles. The molecule has 0 bridgehead atoms. The molecule has 0 aliphatic heterocycles. The van der Waals surface area contributed by atoms with Gasteiger partial charge in [-0.3, -0.25) is 0 Å². The molecule has 1 aliphatic rings. The number of hydrogen-bond acceptors (Lipinski definition) is 6. The number of benzene rings is 1. The molecule has 1 aromatic heterocycles. The molecule has 1 aromatic carbocycles. The molecule has 0 atom stereocenters. The highest BCUT2D eigenvalue weighted by Crippen LogP contribution is 2.38. The quantitative estimate of drug-likeness (QED) is 0.557. The third kappa shape index (κ3) is 3.41. The fraction of sp³-hybridized carbons (Fsp3) is 0.333. The molecule has 0 spiro atoms. The minimum atomic E-state index is 0.482. The Morgan fingerprint density at radius 1 is 1.24 bits per heavy atom. The Labute approximate surface area is 123 Å². The largest absolute Gasteiger partial charge is 0.497 e. The van der Waals surface area contributed by atoms with E-state index in [0.29, 0.717) is 18.3 Å². The first kappa shape index (κ1) is 13.6. The van der Waals surface area contributed by atoms with E-state index in [4.69, 9.17) is 10.6 Å². The number of hydrogen-bond donors (Lipinski definition) is 3. The molecule has 1 heterocycles. The van der Waals surface area contributed by atoms with E-state index in [9.17, 15) is 0 Å². The van der Waals surface area contributed by atoms with Gasteiger partial charge in [-0.2, -0.15) is 0 Å². The summed E-state index contributed by atoms with van der Waals surface area (Å²) >= 11 is 0. The van der Waals surface area contributed by atoms with Crippen molar-refractivity contribution in [1.82, 2.24) is 9.97 Å². The van der Waals surface area contributed by atoms with Crippen LogP contribution in [0.25, 0.3) is 0 Å². The van der Waals surface area contributed by atoms with E-state index in [0.717, 1.165) is 35.8 Å². The van der Waals surface area contributed by atoms with E-state index in [1.54, 1.807) is 7.11 Å². The van der Waals surface area contributed by atoms with Gasteiger partial charge in [-0.1, -0.05) is 12.1 Å². The number of nitrogen functional groups attached to an aromatic ring is 1. The molecule has 6 heteroatoms. The minimum absolute atomic E-state index is 0.482. The molecule has 1 fully saturated rings. The molecule has 0 amide bonds. The van der Waals surface area contributed by atoms with Crippen molar-refractivity contribution in [3.05, 3.63) is 41.7 Å². The predicted octanol–water partition coefficient (Wildman–Crippen LogP) is 2.26. The summed E-state index contributed by atoms with van der Waals surface area (Å²) in [6, 6.07) is 9.75. The van der Waals surface area contributed by atoms with Crippen molar-refractivity contribution in [2.24, 2.45) is 5.84 Å². The number of aromatic nitrogens is 2. The van der Waals surface area contributed by atoms with Crippen molar-refractivity contribution in [2.45, 2.75) is 25.3 Å². The maximum atomic E-state index is 5.47. The topological polar surface area (TPSA) is 85.1 Å². The first-order chi connectivity index (χ1) is 10.3. The van der Waals surface area contributed by atoms with E-state index < -0.39 is 0 Å². The van der Waals surface area contributed by atoms with Crippen LogP contribution in [0.3, 0.4) is 0 Å². The number of nitrogens with zero attached hydrogens (tertiary/aromatic N) is 2. The third-order valence-corrected chi connectivity index (χ3v) is 3.44. The molecule has 0 radical (unpaired) electrons. The Balaban J connectivity index is 1.73. The second-order valence-electron chi connectivity index (χ2n) is 5.12. The van der Waals surface area contributed by atoms with Crippen LogP contribution in [0.1, 0.15) is 30.1 Å². The predicted molar refractivity (Wildman–Crippen MR) is 82.1 cm³/mol. The summed E-state index contributed by atoms with van der Waals surface area (Å²) in [5, 5.41) is 3.31. The third-order valence-electron chi connectivity index (χ3n) is 3.44. The van der Waals surface area contributed by atoms with E-state index in [1.165, 1.54) is 0 Å². The fourth-order valence-electron chi connectivity index (χ4n) is 2.13. The van der Waals surface area contributed by atoms with Crippen LogP contribution in [0.4, 0.5) is 11.6 Å². The number of nitrogens with one attached hydrogen (secondary N) is 2. The van der Waals surface area contributed by atoms with Gasteiger partial charge in [-0.15, -0.1) is 0 Å². The highest BCUT2D eigenvalue weighted by atomic mass is 16.5. The van der Waals surface area contributed by atoms with Gasteiger partial charge in [0, 0.05) is 18.5 Å². The summed E-state index contributed by atoms with van der Waals surface area (Å²) in [4.78, 5) is 8.94. The molecule has 0 unspecified atom stereocenters. The fourth-order valence-corrected chi connectivity index (χ4v) is 2.13. The van der Waals surface area contributed by atoms with Gasteiger partial charge in [0.15, 0.2) is 0 Å². The van der Waals surface area contributed by atoms with Crippen molar-refractivity contribution in [3.63, 3.8) is 0 Å². The smallest absolute Gasteiger partial charge is 0.145 e. The van der Waals surface area contributed by atoms with Crippen molar-refractivity contribution in [3.8, 4) is 5.75 Å². The summed E-state index contributed by atoms with van der Waals surface area (Å²) in [7, 11) is 1.66. The zero-order chi connectivity index (χ0) is 14.7. The zero-order valence-electron chi connectivity index (χ0n) is 12.0. The van der Waals surface area contributed by atoms with Crippen molar-refractivity contribution in [2.75, 3.05) is 17.9 Å². The number of hydrazine groups is 1. The van der Waals surface area contributed by atoms with Crippen LogP contribution in [-0.4, -0.2) is 17.1 Å². The molecule has 1 aliphatic carbocycles.